The van der Waals surface area contributed by atoms with Gasteiger partial charge in [0, 0.05) is 10.8 Å². The quantitative estimate of drug-likeness (QED) is 0.790. The van der Waals surface area contributed by atoms with Crippen LogP contribution in [-0.2, 0) is 27.5 Å². The normalized spacial score (nSPS) is 13.8. The summed E-state index contributed by atoms with van der Waals surface area (Å²) >= 11 is 0. The number of hydrogen-bond donors (Lipinski definition) is 2. The van der Waals surface area contributed by atoms with Crippen LogP contribution >= 0.6 is 0 Å². The van der Waals surface area contributed by atoms with E-state index in [4.69, 9.17) is 9.52 Å². The van der Waals surface area contributed by atoms with Crippen LogP contribution < -0.4 is 5.32 Å². The van der Waals surface area contributed by atoms with E-state index in [1.165, 1.54) is 31.2 Å². The van der Waals surface area contributed by atoms with Crippen molar-refractivity contribution in [1.29, 1.82) is 0 Å². The number of hydrogen-bond acceptors (Lipinski definition) is 4. The molecule has 1 aromatic carbocycles. The summed E-state index contributed by atoms with van der Waals surface area (Å²) in [5, 5.41) is 9.75. The minimum absolute atomic E-state index is 0.0936. The van der Waals surface area contributed by atoms with Gasteiger partial charge in [0.2, 0.25) is 11.7 Å². The molecule has 0 bridgehead atoms. The third kappa shape index (κ3) is 4.72. The minimum Gasteiger partial charge on any atom is -0.475 e. The first-order chi connectivity index (χ1) is 12.1. The number of rotatable bonds is 6. The third-order valence-electron chi connectivity index (χ3n) is 3.41. The maximum Gasteiger partial charge on any atom is 0.418 e. The zero-order valence-corrected chi connectivity index (χ0v) is 14.2. The molecule has 0 aliphatic rings. The number of nitrogens with one attached hydrogen (secondary N) is 1. The van der Waals surface area contributed by atoms with Crippen LogP contribution in [0.3, 0.4) is 0 Å². The highest BCUT2D eigenvalue weighted by molar-refractivity contribution is 7.85. The van der Waals surface area contributed by atoms with E-state index in [2.05, 4.69) is 5.32 Å². The van der Waals surface area contributed by atoms with Crippen molar-refractivity contribution in [3.05, 3.63) is 53.5 Å². The number of alkyl halides is 3. The Hall–Kier alpha value is -2.62. The lowest BCUT2D eigenvalue weighted by Gasteiger charge is -2.16. The van der Waals surface area contributed by atoms with E-state index in [1.54, 1.807) is 0 Å². The fraction of sp³-hybridized carbons (Fsp3) is 0.250. The molecule has 0 saturated heterocycles. The average Bonchev–Trinajstić information content (AvgIpc) is 3.02. The standard InChI is InChI=1S/C16H14F3NO5S/c1-9(26(24)8-10-6-7-13(25-10)15(22)23)14(21)20-12-5-3-2-4-11(12)16(17,18)19/h2-7,9H,8H2,1H3,(H,20,21)(H,22,23). The van der Waals surface area contributed by atoms with E-state index in [0.717, 1.165) is 12.1 Å². The number of furan rings is 1. The van der Waals surface area contributed by atoms with E-state index in [-0.39, 0.29) is 17.3 Å². The van der Waals surface area contributed by atoms with Crippen molar-refractivity contribution in [3.63, 3.8) is 0 Å². The molecule has 1 aromatic heterocycles. The summed E-state index contributed by atoms with van der Waals surface area (Å²) in [4.78, 5) is 22.9. The van der Waals surface area contributed by atoms with E-state index in [1.807, 2.05) is 0 Å². The molecule has 6 nitrogen and oxygen atoms in total. The van der Waals surface area contributed by atoms with Crippen LogP contribution in [0.2, 0.25) is 0 Å². The van der Waals surface area contributed by atoms with Crippen molar-refractivity contribution < 1.29 is 36.5 Å². The Kier molecular flexibility index (Phi) is 5.86. The summed E-state index contributed by atoms with van der Waals surface area (Å²) in [5.74, 6) is -2.64. The van der Waals surface area contributed by atoms with Gasteiger partial charge in [-0.3, -0.25) is 9.00 Å². The van der Waals surface area contributed by atoms with Gasteiger partial charge >= 0.3 is 12.1 Å². The molecule has 0 saturated carbocycles. The van der Waals surface area contributed by atoms with E-state index in [9.17, 15) is 27.0 Å². The molecule has 0 aliphatic heterocycles. The molecule has 2 atom stereocenters. The molecule has 0 fully saturated rings. The monoisotopic (exact) mass is 389 g/mol. The van der Waals surface area contributed by atoms with E-state index < -0.39 is 45.4 Å². The molecule has 0 aliphatic carbocycles. The average molecular weight is 389 g/mol. The van der Waals surface area contributed by atoms with Crippen molar-refractivity contribution in [2.45, 2.75) is 24.1 Å². The maximum atomic E-state index is 12.9. The molecule has 10 heteroatoms. The molecule has 1 heterocycles. The first-order valence-corrected chi connectivity index (χ1v) is 8.64. The van der Waals surface area contributed by atoms with Crippen molar-refractivity contribution >= 4 is 28.4 Å². The fourth-order valence-corrected chi connectivity index (χ4v) is 3.01. The summed E-state index contributed by atoms with van der Waals surface area (Å²) in [5.41, 5.74) is -1.44. The minimum atomic E-state index is -4.65. The number of carboxylic acid groups (broad SMARTS) is 1. The van der Waals surface area contributed by atoms with Gasteiger partial charge in [-0.25, -0.2) is 4.79 Å². The Bertz CT molecular complexity index is 846. The number of carbonyl (C=O) groups is 2. The molecule has 0 radical (unpaired) electrons. The zero-order valence-electron chi connectivity index (χ0n) is 13.4. The first-order valence-electron chi connectivity index (χ1n) is 7.26. The molecule has 2 aromatic rings. The van der Waals surface area contributed by atoms with Crippen molar-refractivity contribution in [2.75, 3.05) is 5.32 Å². The predicted octanol–water partition coefficient (Wildman–Crippen LogP) is 3.27. The molecule has 2 unspecified atom stereocenters. The molecule has 1 amide bonds. The summed E-state index contributed by atoms with van der Waals surface area (Å²) in [7, 11) is -1.83. The Morgan fingerprint density at radius 1 is 1.23 bits per heavy atom. The number of carbonyl (C=O) groups excluding carboxylic acids is 1. The number of aromatic carboxylic acids is 1. The zero-order chi connectivity index (χ0) is 19.5. The van der Waals surface area contributed by atoms with Crippen molar-refractivity contribution in [1.82, 2.24) is 0 Å². The lowest BCUT2D eigenvalue weighted by molar-refractivity contribution is -0.137. The van der Waals surface area contributed by atoms with Gasteiger partial charge in [0.1, 0.15) is 11.0 Å². The van der Waals surface area contributed by atoms with E-state index >= 15 is 0 Å². The van der Waals surface area contributed by atoms with Crippen LogP contribution in [-0.4, -0.2) is 26.4 Å². The highest BCUT2D eigenvalue weighted by Gasteiger charge is 2.34. The molecular formula is C16H14F3NO5S. The van der Waals surface area contributed by atoms with Gasteiger partial charge in [-0.05, 0) is 31.2 Å². The number of benzene rings is 1. The van der Waals surface area contributed by atoms with Crippen LogP contribution in [0.4, 0.5) is 18.9 Å². The molecule has 2 rings (SSSR count). The van der Waals surface area contributed by atoms with Crippen LogP contribution in [0.15, 0.2) is 40.8 Å². The Labute approximate surface area is 148 Å². The Morgan fingerprint density at radius 3 is 2.46 bits per heavy atom. The smallest absolute Gasteiger partial charge is 0.418 e. The topological polar surface area (TPSA) is 96.6 Å². The highest BCUT2D eigenvalue weighted by atomic mass is 32.2. The summed E-state index contributed by atoms with van der Waals surface area (Å²) in [6.07, 6.45) is -4.65. The second-order valence-electron chi connectivity index (χ2n) is 5.27. The van der Waals surface area contributed by atoms with Crippen LogP contribution in [0, 0.1) is 0 Å². The van der Waals surface area contributed by atoms with Crippen LogP contribution in [0.1, 0.15) is 28.8 Å². The van der Waals surface area contributed by atoms with Gasteiger partial charge in [0.15, 0.2) is 0 Å². The third-order valence-corrected chi connectivity index (χ3v) is 4.98. The number of anilines is 1. The number of amides is 1. The number of halogens is 3. The van der Waals surface area contributed by atoms with Gasteiger partial charge in [0.25, 0.3) is 0 Å². The second kappa shape index (κ2) is 7.73. The molecule has 2 N–H and O–H groups in total. The lowest BCUT2D eigenvalue weighted by Crippen LogP contribution is -2.30. The van der Waals surface area contributed by atoms with Gasteiger partial charge in [-0.15, -0.1) is 0 Å². The molecular weight excluding hydrogens is 375 g/mol. The summed E-state index contributed by atoms with van der Waals surface area (Å²) in [6, 6.07) is 6.94. The first kappa shape index (κ1) is 19.7. The van der Waals surface area contributed by atoms with Gasteiger partial charge in [-0.1, -0.05) is 12.1 Å². The Morgan fingerprint density at radius 2 is 1.88 bits per heavy atom. The van der Waals surface area contributed by atoms with Crippen molar-refractivity contribution in [3.8, 4) is 0 Å². The van der Waals surface area contributed by atoms with Gasteiger partial charge in [-0.2, -0.15) is 13.2 Å². The fourth-order valence-electron chi connectivity index (χ4n) is 2.03. The highest BCUT2D eigenvalue weighted by Crippen LogP contribution is 2.34. The lowest BCUT2D eigenvalue weighted by atomic mass is 10.1. The van der Waals surface area contributed by atoms with Crippen LogP contribution in [0.5, 0.6) is 0 Å². The predicted molar refractivity (Wildman–Crippen MR) is 87.0 cm³/mol. The van der Waals surface area contributed by atoms with Gasteiger partial charge < -0.3 is 14.8 Å². The maximum absolute atomic E-state index is 12.9. The molecule has 0 spiro atoms. The Balaban J connectivity index is 2.07. The number of para-hydroxylation sites is 1. The van der Waals surface area contributed by atoms with Crippen molar-refractivity contribution in [2.24, 2.45) is 0 Å². The summed E-state index contributed by atoms with van der Waals surface area (Å²) < 4.78 is 56.0. The summed E-state index contributed by atoms with van der Waals surface area (Å²) in [6.45, 7) is 1.29. The number of carboxylic acids is 1. The SMILES string of the molecule is CC(C(=O)Nc1ccccc1C(F)(F)F)S(=O)Cc1ccc(C(=O)O)o1. The molecule has 26 heavy (non-hydrogen) atoms. The van der Waals surface area contributed by atoms with Crippen LogP contribution in [0.25, 0.3) is 0 Å². The molecule has 140 valence electrons. The second-order valence-corrected chi connectivity index (χ2v) is 7.03. The van der Waals surface area contributed by atoms with E-state index in [0.29, 0.717) is 0 Å². The van der Waals surface area contributed by atoms with Gasteiger partial charge in [0.05, 0.1) is 17.0 Å². The largest absolute Gasteiger partial charge is 0.475 e.